The highest BCUT2D eigenvalue weighted by Crippen LogP contribution is 2.23. The van der Waals surface area contributed by atoms with E-state index in [1.165, 1.54) is 0 Å². The SMILES string of the molecule is CCO[P+](=O)NC[C@H](Cc1c[nH]c2ccccc12)N[P+](=O)OCC. The third-order valence-corrected chi connectivity index (χ3v) is 5.39. The van der Waals surface area contributed by atoms with E-state index in [-0.39, 0.29) is 6.04 Å². The zero-order chi connectivity index (χ0) is 17.4. The molecule has 0 saturated carbocycles. The van der Waals surface area contributed by atoms with E-state index in [1.807, 2.05) is 30.5 Å². The fourth-order valence-corrected chi connectivity index (χ4v) is 3.87. The molecule has 24 heavy (non-hydrogen) atoms. The van der Waals surface area contributed by atoms with Crippen LogP contribution >= 0.6 is 16.4 Å². The van der Waals surface area contributed by atoms with Crippen molar-refractivity contribution in [3.63, 3.8) is 0 Å². The van der Waals surface area contributed by atoms with Crippen molar-refractivity contribution in [1.82, 2.24) is 15.2 Å². The van der Waals surface area contributed by atoms with Gasteiger partial charge >= 0.3 is 16.4 Å². The van der Waals surface area contributed by atoms with Crippen LogP contribution in [-0.4, -0.2) is 30.8 Å². The average molecular weight is 371 g/mol. The lowest BCUT2D eigenvalue weighted by atomic mass is 10.1. The van der Waals surface area contributed by atoms with Gasteiger partial charge in [0, 0.05) is 17.1 Å². The summed E-state index contributed by atoms with van der Waals surface area (Å²) in [6.45, 7) is 4.65. The molecule has 1 aromatic carbocycles. The van der Waals surface area contributed by atoms with Gasteiger partial charge < -0.3 is 4.98 Å². The van der Waals surface area contributed by atoms with Gasteiger partial charge in [-0.15, -0.1) is 9.05 Å². The van der Waals surface area contributed by atoms with Gasteiger partial charge in [0.1, 0.15) is 13.2 Å². The first-order valence-electron chi connectivity index (χ1n) is 7.89. The quantitative estimate of drug-likeness (QED) is 0.522. The normalized spacial score (nSPS) is 13.9. The van der Waals surface area contributed by atoms with Crippen molar-refractivity contribution in [2.75, 3.05) is 19.8 Å². The molecule has 130 valence electrons. The van der Waals surface area contributed by atoms with Crippen molar-refractivity contribution in [3.8, 4) is 0 Å². The van der Waals surface area contributed by atoms with Crippen LogP contribution < -0.4 is 10.2 Å². The number of benzene rings is 1. The summed E-state index contributed by atoms with van der Waals surface area (Å²) in [5.41, 5.74) is 2.14. The molecule has 2 rings (SSSR count). The van der Waals surface area contributed by atoms with Crippen LogP contribution in [0.1, 0.15) is 19.4 Å². The average Bonchev–Trinajstić information content (AvgIpc) is 2.96. The molecule has 0 aliphatic carbocycles. The molecule has 1 heterocycles. The van der Waals surface area contributed by atoms with E-state index in [0.717, 1.165) is 16.5 Å². The van der Waals surface area contributed by atoms with E-state index in [4.69, 9.17) is 9.05 Å². The van der Waals surface area contributed by atoms with E-state index in [1.54, 1.807) is 13.8 Å². The smallest absolute Gasteiger partial charge is 0.361 e. The Morgan fingerprint density at radius 2 is 1.83 bits per heavy atom. The molecule has 0 spiro atoms. The van der Waals surface area contributed by atoms with Crippen molar-refractivity contribution in [2.45, 2.75) is 26.3 Å². The number of fused-ring (bicyclic) bond motifs is 1. The van der Waals surface area contributed by atoms with E-state index in [0.29, 0.717) is 26.2 Å². The van der Waals surface area contributed by atoms with Gasteiger partial charge in [-0.2, -0.15) is 0 Å². The molecule has 0 amide bonds. The fraction of sp³-hybridized carbons (Fsp3) is 0.467. The Morgan fingerprint density at radius 1 is 1.12 bits per heavy atom. The summed E-state index contributed by atoms with van der Waals surface area (Å²) in [6.07, 6.45) is 2.55. The molecule has 7 nitrogen and oxygen atoms in total. The maximum absolute atomic E-state index is 11.9. The van der Waals surface area contributed by atoms with Gasteiger partial charge in [-0.3, -0.25) is 0 Å². The Kier molecular flexibility index (Phi) is 7.92. The van der Waals surface area contributed by atoms with Crippen LogP contribution in [0.2, 0.25) is 0 Å². The summed E-state index contributed by atoms with van der Waals surface area (Å²) < 4.78 is 33.6. The molecule has 0 saturated heterocycles. The standard InChI is InChI=1S/C15H23N3O4P2/c1-3-21-23(19)17-11-13(18-24(20)22-4-2)9-12-10-16-15-8-6-5-7-14(12)15/h5-8,10,13,16H,3-4,9,11H2,1-2H3,(H,17,19)(H,18,20)/q+2/t13-/m0/s1. The van der Waals surface area contributed by atoms with E-state index < -0.39 is 16.4 Å². The Bertz CT molecular complexity index is 692. The first kappa shape index (κ1) is 19.1. The number of hydrogen-bond acceptors (Lipinski definition) is 4. The fourth-order valence-electron chi connectivity index (χ4n) is 2.38. The van der Waals surface area contributed by atoms with Crippen LogP contribution in [0.3, 0.4) is 0 Å². The Morgan fingerprint density at radius 3 is 2.58 bits per heavy atom. The Labute approximate surface area is 143 Å². The summed E-state index contributed by atoms with van der Waals surface area (Å²) in [7, 11) is -3.90. The number of H-pyrrole nitrogens is 1. The molecule has 0 fully saturated rings. The van der Waals surface area contributed by atoms with Crippen molar-refractivity contribution in [2.24, 2.45) is 0 Å². The summed E-state index contributed by atoms with van der Waals surface area (Å²) in [5.74, 6) is 0. The minimum atomic E-state index is -1.97. The molecule has 3 atom stereocenters. The van der Waals surface area contributed by atoms with Crippen LogP contribution in [0.15, 0.2) is 30.5 Å². The highest BCUT2D eigenvalue weighted by atomic mass is 31.1. The zero-order valence-electron chi connectivity index (χ0n) is 13.8. The Hall–Kier alpha value is -1.20. The van der Waals surface area contributed by atoms with Crippen LogP contribution in [0, 0.1) is 0 Å². The molecule has 2 aromatic rings. The van der Waals surface area contributed by atoms with Gasteiger partial charge in [0.15, 0.2) is 0 Å². The lowest BCUT2D eigenvalue weighted by Gasteiger charge is -2.09. The summed E-state index contributed by atoms with van der Waals surface area (Å²) >= 11 is 0. The number of aromatic amines is 1. The lowest BCUT2D eigenvalue weighted by Crippen LogP contribution is -2.35. The maximum Gasteiger partial charge on any atom is 0.613 e. The second-order valence-corrected chi connectivity index (χ2v) is 7.22. The molecule has 0 radical (unpaired) electrons. The number of para-hydroxylation sites is 1. The van der Waals surface area contributed by atoms with Crippen LogP contribution in [0.25, 0.3) is 10.9 Å². The predicted molar refractivity (Wildman–Crippen MR) is 95.4 cm³/mol. The lowest BCUT2D eigenvalue weighted by molar-refractivity contribution is 0.332. The minimum absolute atomic E-state index is 0.209. The third-order valence-electron chi connectivity index (χ3n) is 3.39. The van der Waals surface area contributed by atoms with Gasteiger partial charge in [0.2, 0.25) is 0 Å². The van der Waals surface area contributed by atoms with E-state index in [2.05, 4.69) is 15.2 Å². The summed E-state index contributed by atoms with van der Waals surface area (Å²) in [5, 5.41) is 6.88. The predicted octanol–water partition coefficient (Wildman–Crippen LogP) is 3.65. The molecule has 1 aromatic heterocycles. The van der Waals surface area contributed by atoms with Crippen molar-refractivity contribution in [3.05, 3.63) is 36.0 Å². The van der Waals surface area contributed by atoms with Crippen molar-refractivity contribution < 1.29 is 18.2 Å². The van der Waals surface area contributed by atoms with Crippen LogP contribution in [0.4, 0.5) is 0 Å². The van der Waals surface area contributed by atoms with Gasteiger partial charge in [-0.25, -0.2) is 0 Å². The van der Waals surface area contributed by atoms with Gasteiger partial charge in [0.05, 0.1) is 12.6 Å². The van der Waals surface area contributed by atoms with E-state index >= 15 is 0 Å². The second kappa shape index (κ2) is 9.94. The van der Waals surface area contributed by atoms with Crippen LogP contribution in [-0.2, 0) is 24.6 Å². The summed E-state index contributed by atoms with van der Waals surface area (Å²) in [6, 6.07) is 7.78. The zero-order valence-corrected chi connectivity index (χ0v) is 15.6. The first-order valence-corrected chi connectivity index (χ1v) is 10.2. The van der Waals surface area contributed by atoms with Crippen LogP contribution in [0.5, 0.6) is 0 Å². The molecular formula is C15H23N3O4P2+2. The molecule has 0 bridgehead atoms. The maximum atomic E-state index is 11.9. The number of rotatable bonds is 11. The molecule has 9 heteroatoms. The number of hydrogen-bond donors (Lipinski definition) is 3. The van der Waals surface area contributed by atoms with Gasteiger partial charge in [-0.05, 0) is 41.0 Å². The Balaban J connectivity index is 2.06. The topological polar surface area (TPSA) is 92.5 Å². The molecule has 0 aliphatic rings. The number of aromatic nitrogens is 1. The van der Waals surface area contributed by atoms with E-state index in [9.17, 15) is 9.13 Å². The molecule has 0 aliphatic heterocycles. The van der Waals surface area contributed by atoms with Crippen molar-refractivity contribution in [1.29, 1.82) is 0 Å². The molecular weight excluding hydrogens is 348 g/mol. The highest BCUT2D eigenvalue weighted by Gasteiger charge is 2.28. The monoisotopic (exact) mass is 371 g/mol. The molecule has 3 N–H and O–H groups in total. The first-order chi connectivity index (χ1) is 11.6. The van der Waals surface area contributed by atoms with Crippen molar-refractivity contribution >= 4 is 27.3 Å². The molecule has 2 unspecified atom stereocenters. The highest BCUT2D eigenvalue weighted by molar-refractivity contribution is 7.37. The second-order valence-electron chi connectivity index (χ2n) is 5.10. The number of nitrogens with one attached hydrogen (secondary N) is 3. The van der Waals surface area contributed by atoms with Gasteiger partial charge in [-0.1, -0.05) is 28.4 Å². The third kappa shape index (κ3) is 5.71. The van der Waals surface area contributed by atoms with Gasteiger partial charge in [0.25, 0.3) is 0 Å². The minimum Gasteiger partial charge on any atom is -0.361 e. The largest absolute Gasteiger partial charge is 0.613 e. The summed E-state index contributed by atoms with van der Waals surface area (Å²) in [4.78, 5) is 3.22.